The van der Waals surface area contributed by atoms with Crippen molar-refractivity contribution in [1.82, 2.24) is 20.6 Å². The van der Waals surface area contributed by atoms with Crippen LogP contribution in [0.2, 0.25) is 0 Å². The molecule has 2 aromatic heterocycles. The Balaban J connectivity index is 1.63. The van der Waals surface area contributed by atoms with Crippen molar-refractivity contribution in [3.63, 3.8) is 0 Å². The number of anilines is 4. The molecule has 11 heteroatoms. The van der Waals surface area contributed by atoms with Gasteiger partial charge in [-0.25, -0.2) is 14.2 Å². The fraction of sp³-hybridized carbons (Fsp3) is 0.419. The van der Waals surface area contributed by atoms with E-state index in [0.29, 0.717) is 24.2 Å². The van der Waals surface area contributed by atoms with Crippen LogP contribution >= 0.6 is 0 Å². The van der Waals surface area contributed by atoms with E-state index < -0.39 is 29.0 Å². The number of hydrogen-bond acceptors (Lipinski definition) is 8. The Bertz CT molecular complexity index is 1410. The highest BCUT2D eigenvalue weighted by Gasteiger charge is 2.31. The Morgan fingerprint density at radius 1 is 0.976 bits per heavy atom. The van der Waals surface area contributed by atoms with Gasteiger partial charge in [-0.2, -0.15) is 0 Å². The molecule has 0 saturated heterocycles. The molecule has 224 valence electrons. The van der Waals surface area contributed by atoms with Gasteiger partial charge in [0.2, 0.25) is 0 Å². The zero-order valence-corrected chi connectivity index (χ0v) is 24.8. The van der Waals surface area contributed by atoms with Gasteiger partial charge in [0.25, 0.3) is 5.91 Å². The third kappa shape index (κ3) is 8.08. The lowest BCUT2D eigenvalue weighted by atomic mass is 9.90. The molecular weight excluding hydrogens is 537 g/mol. The molecule has 10 nitrogen and oxygen atoms in total. The molecule has 2 amide bonds. The van der Waals surface area contributed by atoms with Crippen LogP contribution in [0.1, 0.15) is 76.2 Å². The number of pyridine rings is 2. The third-order valence-electron chi connectivity index (χ3n) is 6.95. The van der Waals surface area contributed by atoms with E-state index in [1.807, 2.05) is 44.2 Å². The number of alkyl carbamates (subject to hydrolysis) is 1. The number of hydrogen-bond donors (Lipinski definition) is 5. The smallest absolute Gasteiger partial charge is 0.407 e. The van der Waals surface area contributed by atoms with E-state index in [4.69, 9.17) is 10.5 Å². The molecule has 6 N–H and O–H groups in total. The van der Waals surface area contributed by atoms with Crippen LogP contribution in [0.4, 0.5) is 32.2 Å². The number of aromatic nitrogens is 2. The van der Waals surface area contributed by atoms with Crippen molar-refractivity contribution in [2.24, 2.45) is 0 Å². The Morgan fingerprint density at radius 3 is 2.33 bits per heavy atom. The highest BCUT2D eigenvalue weighted by molar-refractivity contribution is 6.00. The third-order valence-corrected chi connectivity index (χ3v) is 6.95. The molecule has 0 radical (unpaired) electrons. The molecule has 0 bridgehead atoms. The number of ether oxygens (including phenoxy) is 1. The molecule has 2 heterocycles. The maximum atomic E-state index is 15.6. The topological polar surface area (TPSA) is 143 Å². The monoisotopic (exact) mass is 577 g/mol. The average Bonchev–Trinajstić information content (AvgIpc) is 2.90. The van der Waals surface area contributed by atoms with E-state index in [1.165, 1.54) is 12.4 Å². The second kappa shape index (κ2) is 12.6. The minimum absolute atomic E-state index is 0.0107. The summed E-state index contributed by atoms with van der Waals surface area (Å²) in [5.74, 6) is -1.13. The lowest BCUT2D eigenvalue weighted by Gasteiger charge is -2.34. The van der Waals surface area contributed by atoms with E-state index in [-0.39, 0.29) is 29.3 Å². The van der Waals surface area contributed by atoms with Gasteiger partial charge in [-0.3, -0.25) is 9.78 Å². The quantitative estimate of drug-likeness (QED) is 0.224. The normalized spacial score (nSPS) is 17.2. The molecule has 1 aliphatic rings. The van der Waals surface area contributed by atoms with Gasteiger partial charge in [0.05, 0.1) is 34.7 Å². The van der Waals surface area contributed by atoms with E-state index in [1.54, 1.807) is 26.8 Å². The van der Waals surface area contributed by atoms with E-state index in [2.05, 4.69) is 31.2 Å². The van der Waals surface area contributed by atoms with Crippen molar-refractivity contribution in [3.8, 4) is 0 Å². The fourth-order valence-electron chi connectivity index (χ4n) is 4.91. The first-order chi connectivity index (χ1) is 19.8. The highest BCUT2D eigenvalue weighted by atomic mass is 19.1. The summed E-state index contributed by atoms with van der Waals surface area (Å²) in [5, 5.41) is 12.2. The van der Waals surface area contributed by atoms with Gasteiger partial charge in [-0.05, 0) is 65.2 Å². The second-order valence-corrected chi connectivity index (χ2v) is 12.1. The van der Waals surface area contributed by atoms with Crippen molar-refractivity contribution in [3.05, 3.63) is 71.8 Å². The number of amides is 2. The molecule has 1 fully saturated rings. The predicted octanol–water partition coefficient (Wildman–Crippen LogP) is 5.85. The number of nitrogens with zero attached hydrogens (tertiary/aromatic N) is 2. The van der Waals surface area contributed by atoms with Crippen LogP contribution in [-0.4, -0.2) is 39.7 Å². The maximum Gasteiger partial charge on any atom is 0.407 e. The Labute approximate surface area is 246 Å². The average molecular weight is 578 g/mol. The molecule has 0 spiro atoms. The van der Waals surface area contributed by atoms with Crippen LogP contribution in [-0.2, 0) is 10.3 Å². The molecule has 2 atom stereocenters. The van der Waals surface area contributed by atoms with E-state index >= 15 is 4.39 Å². The number of nitrogens with one attached hydrogen (secondary N) is 4. The summed E-state index contributed by atoms with van der Waals surface area (Å²) in [6, 6.07) is 11.7. The minimum Gasteiger partial charge on any atom is -0.444 e. The number of benzene rings is 1. The van der Waals surface area contributed by atoms with Gasteiger partial charge >= 0.3 is 6.09 Å². The molecule has 1 aliphatic carbocycles. The lowest BCUT2D eigenvalue weighted by molar-refractivity contribution is 0.0488. The van der Waals surface area contributed by atoms with E-state index in [0.717, 1.165) is 24.5 Å². The van der Waals surface area contributed by atoms with Gasteiger partial charge in [0.1, 0.15) is 11.4 Å². The van der Waals surface area contributed by atoms with E-state index in [9.17, 15) is 9.59 Å². The van der Waals surface area contributed by atoms with Crippen molar-refractivity contribution < 1.29 is 18.7 Å². The summed E-state index contributed by atoms with van der Waals surface area (Å²) in [7, 11) is 0. The molecular formula is C31H40FN7O3. The van der Waals surface area contributed by atoms with Gasteiger partial charge in [-0.1, -0.05) is 43.2 Å². The zero-order chi connectivity index (χ0) is 30.5. The van der Waals surface area contributed by atoms with Crippen LogP contribution in [0, 0.1) is 5.82 Å². The van der Waals surface area contributed by atoms with Crippen molar-refractivity contribution in [2.45, 2.75) is 83.5 Å². The number of nitrogens with two attached hydrogens (primary N) is 1. The predicted molar refractivity (Wildman–Crippen MR) is 162 cm³/mol. The highest BCUT2D eigenvalue weighted by Crippen LogP contribution is 2.29. The number of nitrogen functional groups attached to an aromatic ring is 1. The number of rotatable bonds is 8. The summed E-state index contributed by atoms with van der Waals surface area (Å²) in [5.41, 5.74) is 6.32. The summed E-state index contributed by atoms with van der Waals surface area (Å²) in [4.78, 5) is 34.7. The first-order valence-electron chi connectivity index (χ1n) is 14.1. The summed E-state index contributed by atoms with van der Waals surface area (Å²) >= 11 is 0. The van der Waals surface area contributed by atoms with Gasteiger partial charge in [0, 0.05) is 12.2 Å². The Hall–Kier alpha value is -4.41. The molecule has 3 aromatic rings. The standard InChI is InChI=1S/C31H40FN7O3/c1-30(2,3)42-29(41)37-25-14-10-9-13-24(25)36-27-23(32)16-22(26(38-27)35-21-15-20(33)17-34-18-21)28(40)39-31(4,5)19-11-7-6-8-12-19/h6-8,11-12,15-18,24-25H,9-10,13-14,33H2,1-5H3,(H,37,41)(H,39,40)(H2,35,36,38)/t24-,25+/m0/s1. The van der Waals surface area contributed by atoms with Crippen molar-refractivity contribution in [1.29, 1.82) is 0 Å². The minimum atomic E-state index is -0.746. The van der Waals surface area contributed by atoms with Crippen LogP contribution < -0.4 is 27.0 Å². The van der Waals surface area contributed by atoms with Crippen LogP contribution in [0.15, 0.2) is 54.9 Å². The van der Waals surface area contributed by atoms with Gasteiger partial charge in [0.15, 0.2) is 11.6 Å². The molecule has 0 unspecified atom stereocenters. The first kappa shape index (κ1) is 30.5. The molecule has 0 aliphatic heterocycles. The van der Waals surface area contributed by atoms with Crippen LogP contribution in [0.3, 0.4) is 0 Å². The molecule has 4 rings (SSSR count). The maximum absolute atomic E-state index is 15.6. The Kier molecular flexibility index (Phi) is 9.18. The second-order valence-electron chi connectivity index (χ2n) is 12.1. The summed E-state index contributed by atoms with van der Waals surface area (Å²) in [6.07, 6.45) is 5.71. The largest absolute Gasteiger partial charge is 0.444 e. The molecule has 42 heavy (non-hydrogen) atoms. The number of halogens is 1. The van der Waals surface area contributed by atoms with Crippen LogP contribution in [0.25, 0.3) is 0 Å². The van der Waals surface area contributed by atoms with Gasteiger partial charge < -0.3 is 31.7 Å². The first-order valence-corrected chi connectivity index (χ1v) is 14.1. The van der Waals surface area contributed by atoms with Crippen molar-refractivity contribution in [2.75, 3.05) is 16.4 Å². The van der Waals surface area contributed by atoms with Crippen LogP contribution in [0.5, 0.6) is 0 Å². The Morgan fingerprint density at radius 2 is 1.67 bits per heavy atom. The molecule has 1 saturated carbocycles. The zero-order valence-electron chi connectivity index (χ0n) is 24.8. The van der Waals surface area contributed by atoms with Gasteiger partial charge in [-0.15, -0.1) is 0 Å². The van der Waals surface area contributed by atoms with Crippen molar-refractivity contribution >= 4 is 35.0 Å². The SMILES string of the molecule is CC(C)(C)OC(=O)N[C@@H]1CCCC[C@@H]1Nc1nc(Nc2cncc(N)c2)c(C(=O)NC(C)(C)c2ccccc2)cc1F. The number of carbonyl (C=O) groups excluding carboxylic acids is 2. The summed E-state index contributed by atoms with van der Waals surface area (Å²) in [6.45, 7) is 9.13. The fourth-order valence-corrected chi connectivity index (χ4v) is 4.91. The number of carbonyl (C=O) groups is 2. The summed E-state index contributed by atoms with van der Waals surface area (Å²) < 4.78 is 21.1. The lowest BCUT2D eigenvalue weighted by Crippen LogP contribution is -2.50. The molecule has 1 aromatic carbocycles.